The summed E-state index contributed by atoms with van der Waals surface area (Å²) in [6, 6.07) is 8.47. The standard InChI is InChI=1S/C16H17NO4S/c17-14(16(20)21)8-13(15(18)19)7-10-1-3-11(4-2-10)12-5-6-22-9-12/h1-6,9,13-14H,7-8,17H2,(H,18,19)(H,20,21)/t13-,14+/m0/s1. The Morgan fingerprint density at radius 3 is 2.23 bits per heavy atom. The van der Waals surface area contributed by atoms with Crippen molar-refractivity contribution in [1.82, 2.24) is 0 Å². The summed E-state index contributed by atoms with van der Waals surface area (Å²) in [5.41, 5.74) is 8.48. The quantitative estimate of drug-likeness (QED) is 0.728. The summed E-state index contributed by atoms with van der Waals surface area (Å²) in [4.78, 5) is 22.0. The Hall–Kier alpha value is -2.18. The number of nitrogens with two attached hydrogens (primary N) is 1. The first-order valence-corrected chi connectivity index (χ1v) is 7.74. The van der Waals surface area contributed by atoms with Crippen LogP contribution in [0.2, 0.25) is 0 Å². The fourth-order valence-corrected chi connectivity index (χ4v) is 2.89. The highest BCUT2D eigenvalue weighted by Crippen LogP contribution is 2.23. The number of aliphatic carboxylic acids is 2. The Balaban J connectivity index is 2.07. The molecule has 5 nitrogen and oxygen atoms in total. The average Bonchev–Trinajstić information content (AvgIpc) is 3.01. The zero-order valence-electron chi connectivity index (χ0n) is 11.8. The SMILES string of the molecule is N[C@H](C[C@H](Cc1ccc(-c2ccsc2)cc1)C(=O)O)C(=O)O. The molecule has 2 atom stereocenters. The van der Waals surface area contributed by atoms with Crippen LogP contribution in [0.15, 0.2) is 41.1 Å². The van der Waals surface area contributed by atoms with Crippen molar-refractivity contribution in [1.29, 1.82) is 0 Å². The topological polar surface area (TPSA) is 101 Å². The van der Waals surface area contributed by atoms with E-state index in [1.54, 1.807) is 11.3 Å². The Kier molecular flexibility index (Phi) is 5.30. The summed E-state index contributed by atoms with van der Waals surface area (Å²) in [7, 11) is 0. The zero-order chi connectivity index (χ0) is 16.1. The van der Waals surface area contributed by atoms with Crippen molar-refractivity contribution in [3.63, 3.8) is 0 Å². The molecule has 6 heteroatoms. The maximum Gasteiger partial charge on any atom is 0.320 e. The molecule has 2 rings (SSSR count). The van der Waals surface area contributed by atoms with Crippen molar-refractivity contribution in [2.24, 2.45) is 11.7 Å². The number of carboxylic acids is 2. The lowest BCUT2D eigenvalue weighted by Gasteiger charge is -2.15. The van der Waals surface area contributed by atoms with E-state index in [2.05, 4.69) is 0 Å². The normalized spacial score (nSPS) is 13.5. The van der Waals surface area contributed by atoms with E-state index in [1.165, 1.54) is 0 Å². The third kappa shape index (κ3) is 4.16. The van der Waals surface area contributed by atoms with Gasteiger partial charge in [0.1, 0.15) is 6.04 Å². The first-order valence-electron chi connectivity index (χ1n) is 6.80. The van der Waals surface area contributed by atoms with Gasteiger partial charge in [-0.2, -0.15) is 11.3 Å². The van der Waals surface area contributed by atoms with Gasteiger partial charge in [-0.25, -0.2) is 0 Å². The summed E-state index contributed by atoms with van der Waals surface area (Å²) in [5, 5.41) is 22.1. The predicted octanol–water partition coefficient (Wildman–Crippen LogP) is 2.46. The molecule has 1 heterocycles. The van der Waals surface area contributed by atoms with Crippen molar-refractivity contribution in [3.05, 3.63) is 46.7 Å². The van der Waals surface area contributed by atoms with Crippen LogP contribution in [0.25, 0.3) is 11.1 Å². The number of hydrogen-bond donors (Lipinski definition) is 3. The molecule has 2 aromatic rings. The van der Waals surface area contributed by atoms with Gasteiger partial charge in [0.2, 0.25) is 0 Å². The van der Waals surface area contributed by atoms with Crippen LogP contribution >= 0.6 is 11.3 Å². The first-order chi connectivity index (χ1) is 10.5. The summed E-state index contributed by atoms with van der Waals surface area (Å²) < 4.78 is 0. The molecule has 0 fully saturated rings. The molecule has 0 radical (unpaired) electrons. The van der Waals surface area contributed by atoms with E-state index >= 15 is 0 Å². The molecule has 0 amide bonds. The first kappa shape index (κ1) is 16.2. The van der Waals surface area contributed by atoms with Crippen molar-refractivity contribution in [3.8, 4) is 11.1 Å². The van der Waals surface area contributed by atoms with Crippen LogP contribution < -0.4 is 5.73 Å². The number of carboxylic acid groups (broad SMARTS) is 2. The molecule has 0 saturated carbocycles. The summed E-state index contributed by atoms with van der Waals surface area (Å²) in [6.07, 6.45) is 0.178. The molecule has 0 aliphatic heterocycles. The molecule has 0 saturated heterocycles. The Morgan fingerprint density at radius 1 is 1.05 bits per heavy atom. The van der Waals surface area contributed by atoms with Crippen LogP contribution in [0.4, 0.5) is 0 Å². The molecule has 0 bridgehead atoms. The minimum atomic E-state index is -1.18. The fraction of sp³-hybridized carbons (Fsp3) is 0.250. The molecule has 0 spiro atoms. The van der Waals surface area contributed by atoms with Gasteiger partial charge in [-0.05, 0) is 46.4 Å². The largest absolute Gasteiger partial charge is 0.481 e. The summed E-state index contributed by atoms with van der Waals surface area (Å²) in [6.45, 7) is 0. The zero-order valence-corrected chi connectivity index (χ0v) is 12.6. The van der Waals surface area contributed by atoms with E-state index in [9.17, 15) is 14.7 Å². The molecule has 0 aliphatic rings. The second kappa shape index (κ2) is 7.20. The summed E-state index contributed by atoms with van der Waals surface area (Å²) in [5.74, 6) is -3.02. The molecule has 0 unspecified atom stereocenters. The third-order valence-corrected chi connectivity index (χ3v) is 4.18. The highest BCUT2D eigenvalue weighted by atomic mass is 32.1. The second-order valence-electron chi connectivity index (χ2n) is 5.13. The van der Waals surface area contributed by atoms with Crippen LogP contribution in [-0.4, -0.2) is 28.2 Å². The lowest BCUT2D eigenvalue weighted by atomic mass is 9.92. The van der Waals surface area contributed by atoms with Crippen LogP contribution in [0, 0.1) is 5.92 Å². The van der Waals surface area contributed by atoms with E-state index in [-0.39, 0.29) is 12.8 Å². The minimum absolute atomic E-state index is 0.0864. The number of benzene rings is 1. The van der Waals surface area contributed by atoms with E-state index in [1.807, 2.05) is 41.1 Å². The molecule has 0 aliphatic carbocycles. The number of rotatable bonds is 7. The van der Waals surface area contributed by atoms with E-state index < -0.39 is 23.9 Å². The van der Waals surface area contributed by atoms with E-state index in [0.717, 1.165) is 16.7 Å². The predicted molar refractivity (Wildman–Crippen MR) is 84.8 cm³/mol. The Bertz CT molecular complexity index is 637. The van der Waals surface area contributed by atoms with Crippen molar-refractivity contribution in [2.45, 2.75) is 18.9 Å². The van der Waals surface area contributed by atoms with Crippen LogP contribution in [0.3, 0.4) is 0 Å². The molecule has 1 aromatic carbocycles. The molecule has 116 valence electrons. The number of hydrogen-bond acceptors (Lipinski definition) is 4. The average molecular weight is 319 g/mol. The second-order valence-corrected chi connectivity index (χ2v) is 5.91. The van der Waals surface area contributed by atoms with E-state index in [0.29, 0.717) is 0 Å². The lowest BCUT2D eigenvalue weighted by molar-refractivity contribution is -0.143. The van der Waals surface area contributed by atoms with Crippen LogP contribution in [0.5, 0.6) is 0 Å². The molecular weight excluding hydrogens is 302 g/mol. The van der Waals surface area contributed by atoms with Crippen molar-refractivity contribution >= 4 is 23.3 Å². The minimum Gasteiger partial charge on any atom is -0.481 e. The van der Waals surface area contributed by atoms with Gasteiger partial charge in [0.15, 0.2) is 0 Å². The molecule has 22 heavy (non-hydrogen) atoms. The van der Waals surface area contributed by atoms with Gasteiger partial charge in [0.05, 0.1) is 5.92 Å². The van der Waals surface area contributed by atoms with Gasteiger partial charge < -0.3 is 15.9 Å². The maximum atomic E-state index is 11.3. The van der Waals surface area contributed by atoms with Gasteiger partial charge in [-0.3, -0.25) is 9.59 Å². The third-order valence-electron chi connectivity index (χ3n) is 3.50. The molecule has 1 aromatic heterocycles. The van der Waals surface area contributed by atoms with Crippen LogP contribution in [0.1, 0.15) is 12.0 Å². The number of carbonyl (C=O) groups is 2. The Labute approximate surface area is 132 Å². The van der Waals surface area contributed by atoms with Gasteiger partial charge in [0.25, 0.3) is 0 Å². The van der Waals surface area contributed by atoms with E-state index in [4.69, 9.17) is 10.8 Å². The van der Waals surface area contributed by atoms with Gasteiger partial charge in [0, 0.05) is 0 Å². The lowest BCUT2D eigenvalue weighted by Crippen LogP contribution is -2.35. The fourth-order valence-electron chi connectivity index (χ4n) is 2.23. The van der Waals surface area contributed by atoms with Crippen molar-refractivity contribution < 1.29 is 19.8 Å². The van der Waals surface area contributed by atoms with Crippen molar-refractivity contribution in [2.75, 3.05) is 0 Å². The molecular formula is C16H17NO4S. The monoisotopic (exact) mass is 319 g/mol. The Morgan fingerprint density at radius 2 is 1.73 bits per heavy atom. The van der Waals surface area contributed by atoms with Gasteiger partial charge in [-0.1, -0.05) is 24.3 Å². The maximum absolute atomic E-state index is 11.3. The van der Waals surface area contributed by atoms with Gasteiger partial charge in [-0.15, -0.1) is 0 Å². The summed E-state index contributed by atoms with van der Waals surface area (Å²) >= 11 is 1.62. The smallest absolute Gasteiger partial charge is 0.320 e. The molecule has 4 N–H and O–H groups in total. The highest BCUT2D eigenvalue weighted by Gasteiger charge is 2.24. The van der Waals surface area contributed by atoms with Gasteiger partial charge >= 0.3 is 11.9 Å². The van der Waals surface area contributed by atoms with Crippen LogP contribution in [-0.2, 0) is 16.0 Å². The number of thiophene rings is 1. The highest BCUT2D eigenvalue weighted by molar-refractivity contribution is 7.08.